The largest absolute Gasteiger partial charge is 0.323 e. The number of carbonyl (C=O) groups is 1. The summed E-state index contributed by atoms with van der Waals surface area (Å²) in [6.45, 7) is 7.03. The van der Waals surface area contributed by atoms with Crippen LogP contribution in [0.15, 0.2) is 35.7 Å². The van der Waals surface area contributed by atoms with Crippen LogP contribution in [0.25, 0.3) is 0 Å². The second kappa shape index (κ2) is 7.70. The lowest BCUT2D eigenvalue weighted by atomic mass is 10.1. The van der Waals surface area contributed by atoms with Crippen LogP contribution in [0, 0.1) is 20.8 Å². The van der Waals surface area contributed by atoms with Gasteiger partial charge >= 0.3 is 6.03 Å². The monoisotopic (exact) mass is 369 g/mol. The zero-order chi connectivity index (χ0) is 18.7. The molecule has 1 N–H and O–H groups in total. The normalized spacial score (nSPS) is 10.8. The molecule has 0 saturated carbocycles. The molecule has 0 saturated heterocycles. The second-order valence-corrected chi connectivity index (χ2v) is 7.52. The first-order chi connectivity index (χ1) is 12.4. The van der Waals surface area contributed by atoms with Gasteiger partial charge in [0.05, 0.1) is 29.5 Å². The van der Waals surface area contributed by atoms with E-state index in [-0.39, 0.29) is 6.03 Å². The number of urea groups is 1. The van der Waals surface area contributed by atoms with E-state index >= 15 is 0 Å². The number of hydrogen-bond acceptors (Lipinski definition) is 4. The highest BCUT2D eigenvalue weighted by atomic mass is 32.1. The Morgan fingerprint density at radius 1 is 1.27 bits per heavy atom. The number of hydrogen-bond donors (Lipinski definition) is 1. The summed E-state index contributed by atoms with van der Waals surface area (Å²) in [7, 11) is 1.76. The number of amides is 2. The summed E-state index contributed by atoms with van der Waals surface area (Å²) >= 11 is 1.59. The summed E-state index contributed by atoms with van der Waals surface area (Å²) in [5, 5.41) is 10.4. The molecule has 0 aliphatic rings. The Balaban J connectivity index is 1.70. The minimum absolute atomic E-state index is 0.180. The summed E-state index contributed by atoms with van der Waals surface area (Å²) in [5.74, 6) is 0.690. The van der Waals surface area contributed by atoms with Crippen molar-refractivity contribution in [1.82, 2.24) is 19.7 Å². The molecule has 2 aromatic heterocycles. The van der Waals surface area contributed by atoms with Gasteiger partial charge in [-0.2, -0.15) is 5.10 Å². The highest BCUT2D eigenvalue weighted by molar-refractivity contribution is 7.09. The van der Waals surface area contributed by atoms with Gasteiger partial charge in [-0.05, 0) is 26.3 Å². The molecule has 2 amide bonds. The number of thiazole rings is 1. The molecule has 0 aliphatic heterocycles. The van der Waals surface area contributed by atoms with Crippen molar-refractivity contribution in [2.75, 3.05) is 12.4 Å². The van der Waals surface area contributed by atoms with E-state index in [0.29, 0.717) is 18.9 Å². The van der Waals surface area contributed by atoms with Crippen molar-refractivity contribution in [3.63, 3.8) is 0 Å². The molecule has 7 heteroatoms. The fourth-order valence-corrected chi connectivity index (χ4v) is 3.35. The van der Waals surface area contributed by atoms with Crippen LogP contribution in [0.1, 0.15) is 27.5 Å². The number of nitrogens with one attached hydrogen (secondary N) is 1. The standard InChI is InChI=1S/C19H23N5OS/c1-13-6-5-7-16(8-13)10-24-18(9-14(2)22-24)21-19(25)23(4)11-17-12-26-15(3)20-17/h5-9,12H,10-11H2,1-4H3,(H,21,25). The van der Waals surface area contributed by atoms with Gasteiger partial charge in [-0.1, -0.05) is 29.8 Å². The van der Waals surface area contributed by atoms with Gasteiger partial charge in [-0.25, -0.2) is 14.5 Å². The van der Waals surface area contributed by atoms with Gasteiger partial charge in [-0.3, -0.25) is 5.32 Å². The molecule has 3 rings (SSSR count). The van der Waals surface area contributed by atoms with Gasteiger partial charge in [0.1, 0.15) is 5.82 Å². The van der Waals surface area contributed by atoms with Gasteiger partial charge in [-0.15, -0.1) is 11.3 Å². The third-order valence-electron chi connectivity index (χ3n) is 3.96. The van der Waals surface area contributed by atoms with E-state index in [1.165, 1.54) is 5.56 Å². The van der Waals surface area contributed by atoms with Crippen molar-refractivity contribution in [2.24, 2.45) is 0 Å². The smallest absolute Gasteiger partial charge is 0.322 e. The number of carbonyl (C=O) groups excluding carboxylic acids is 1. The van der Waals surface area contributed by atoms with Crippen LogP contribution in [-0.2, 0) is 13.1 Å². The Labute approximate surface area is 157 Å². The molecule has 0 bridgehead atoms. The van der Waals surface area contributed by atoms with E-state index in [1.54, 1.807) is 23.3 Å². The van der Waals surface area contributed by atoms with Crippen molar-refractivity contribution >= 4 is 23.2 Å². The lowest BCUT2D eigenvalue weighted by Crippen LogP contribution is -2.31. The van der Waals surface area contributed by atoms with Crippen LogP contribution >= 0.6 is 11.3 Å². The maximum absolute atomic E-state index is 12.5. The first-order valence-corrected chi connectivity index (χ1v) is 9.32. The SMILES string of the molecule is Cc1cccc(Cn2nc(C)cc2NC(=O)N(C)Cc2csc(C)n2)c1. The van der Waals surface area contributed by atoms with E-state index in [0.717, 1.165) is 22.0 Å². The minimum Gasteiger partial charge on any atom is -0.322 e. The van der Waals surface area contributed by atoms with Crippen LogP contribution in [0.4, 0.5) is 10.6 Å². The topological polar surface area (TPSA) is 63.1 Å². The average Bonchev–Trinajstić information content (AvgIpc) is 3.13. The molecule has 2 heterocycles. The van der Waals surface area contributed by atoms with Crippen molar-refractivity contribution in [2.45, 2.75) is 33.9 Å². The average molecular weight is 369 g/mol. The van der Waals surface area contributed by atoms with Gasteiger partial charge in [0.25, 0.3) is 0 Å². The number of anilines is 1. The van der Waals surface area contributed by atoms with Gasteiger partial charge in [0.2, 0.25) is 0 Å². The molecule has 6 nitrogen and oxygen atoms in total. The van der Waals surface area contributed by atoms with Gasteiger partial charge in [0, 0.05) is 18.5 Å². The molecule has 0 aliphatic carbocycles. The van der Waals surface area contributed by atoms with Gasteiger partial charge in [0.15, 0.2) is 0 Å². The molecule has 0 unspecified atom stereocenters. The van der Waals surface area contributed by atoms with Crippen molar-refractivity contribution in [1.29, 1.82) is 0 Å². The van der Waals surface area contributed by atoms with Crippen LogP contribution < -0.4 is 5.32 Å². The number of aryl methyl sites for hydroxylation is 3. The summed E-state index contributed by atoms with van der Waals surface area (Å²) in [4.78, 5) is 18.6. The molecule has 26 heavy (non-hydrogen) atoms. The fourth-order valence-electron chi connectivity index (χ4n) is 2.75. The molecule has 3 aromatic rings. The second-order valence-electron chi connectivity index (χ2n) is 6.46. The van der Waals surface area contributed by atoms with E-state index in [9.17, 15) is 4.79 Å². The Morgan fingerprint density at radius 2 is 2.08 bits per heavy atom. The number of benzene rings is 1. The lowest BCUT2D eigenvalue weighted by molar-refractivity contribution is 0.220. The quantitative estimate of drug-likeness (QED) is 0.740. The molecular formula is C19H23N5OS. The van der Waals surface area contributed by atoms with Crippen molar-refractivity contribution < 1.29 is 4.79 Å². The molecule has 0 atom stereocenters. The van der Waals surface area contributed by atoms with Crippen LogP contribution in [0.3, 0.4) is 0 Å². The Hall–Kier alpha value is -2.67. The molecule has 1 aromatic carbocycles. The first-order valence-electron chi connectivity index (χ1n) is 8.44. The number of nitrogens with zero attached hydrogens (tertiary/aromatic N) is 4. The number of aromatic nitrogens is 3. The maximum Gasteiger partial charge on any atom is 0.323 e. The Bertz CT molecular complexity index is 914. The van der Waals surface area contributed by atoms with Crippen LogP contribution in [0.5, 0.6) is 0 Å². The first kappa shape index (κ1) is 18.1. The van der Waals surface area contributed by atoms with E-state index in [2.05, 4.69) is 40.5 Å². The maximum atomic E-state index is 12.5. The highest BCUT2D eigenvalue weighted by Gasteiger charge is 2.14. The molecule has 0 fully saturated rings. The zero-order valence-corrected chi connectivity index (χ0v) is 16.3. The molecular weight excluding hydrogens is 346 g/mol. The van der Waals surface area contributed by atoms with Gasteiger partial charge < -0.3 is 4.90 Å². The molecule has 0 spiro atoms. The van der Waals surface area contributed by atoms with E-state index in [1.807, 2.05) is 36.0 Å². The fraction of sp³-hybridized carbons (Fsp3) is 0.316. The summed E-state index contributed by atoms with van der Waals surface area (Å²) in [6, 6.07) is 9.99. The summed E-state index contributed by atoms with van der Waals surface area (Å²) < 4.78 is 1.82. The number of rotatable bonds is 5. The lowest BCUT2D eigenvalue weighted by Gasteiger charge is -2.17. The van der Waals surface area contributed by atoms with Crippen molar-refractivity contribution in [3.8, 4) is 0 Å². The van der Waals surface area contributed by atoms with E-state index < -0.39 is 0 Å². The Morgan fingerprint density at radius 3 is 2.77 bits per heavy atom. The third-order valence-corrected chi connectivity index (χ3v) is 4.79. The highest BCUT2D eigenvalue weighted by Crippen LogP contribution is 2.15. The van der Waals surface area contributed by atoms with E-state index in [4.69, 9.17) is 0 Å². The Kier molecular flexibility index (Phi) is 5.37. The third kappa shape index (κ3) is 4.49. The summed E-state index contributed by atoms with van der Waals surface area (Å²) in [5.41, 5.74) is 4.12. The van der Waals surface area contributed by atoms with Crippen LogP contribution in [-0.4, -0.2) is 32.7 Å². The summed E-state index contributed by atoms with van der Waals surface area (Å²) in [6.07, 6.45) is 0. The molecule has 136 valence electrons. The zero-order valence-electron chi connectivity index (χ0n) is 15.5. The predicted octanol–water partition coefficient (Wildman–Crippen LogP) is 3.98. The minimum atomic E-state index is -0.180. The predicted molar refractivity (Wildman–Crippen MR) is 105 cm³/mol. The van der Waals surface area contributed by atoms with Crippen LogP contribution in [0.2, 0.25) is 0 Å². The molecule has 0 radical (unpaired) electrons. The van der Waals surface area contributed by atoms with Crippen molar-refractivity contribution in [3.05, 3.63) is 63.2 Å².